The molecule has 2 rings (SSSR count). The number of aryl methyl sites for hydroxylation is 2. The van der Waals surface area contributed by atoms with Crippen molar-refractivity contribution in [1.82, 2.24) is 0 Å². The molecule has 2 aromatic rings. The van der Waals surface area contributed by atoms with Crippen LogP contribution in [0, 0.1) is 13.8 Å². The highest BCUT2D eigenvalue weighted by molar-refractivity contribution is 5.52. The molecule has 0 spiro atoms. The molecule has 4 heteroatoms. The van der Waals surface area contributed by atoms with Gasteiger partial charge in [0.2, 0.25) is 0 Å². The van der Waals surface area contributed by atoms with Crippen molar-refractivity contribution in [1.29, 1.82) is 0 Å². The van der Waals surface area contributed by atoms with Gasteiger partial charge >= 0.3 is 6.61 Å². The van der Waals surface area contributed by atoms with Crippen LogP contribution < -0.4 is 10.1 Å². The Labute approximate surface area is 117 Å². The fourth-order valence-electron chi connectivity index (χ4n) is 2.06. The lowest BCUT2D eigenvalue weighted by molar-refractivity contribution is -0.0504. The fourth-order valence-corrected chi connectivity index (χ4v) is 2.06. The Morgan fingerprint density at radius 3 is 2.55 bits per heavy atom. The van der Waals surface area contributed by atoms with Crippen molar-refractivity contribution in [2.45, 2.75) is 27.0 Å². The van der Waals surface area contributed by atoms with Gasteiger partial charge in [-0.3, -0.25) is 0 Å². The van der Waals surface area contributed by atoms with E-state index in [1.807, 2.05) is 26.0 Å². The Bertz CT molecular complexity index is 584. The number of hydrogen-bond donors (Lipinski definition) is 1. The van der Waals surface area contributed by atoms with Gasteiger partial charge in [-0.25, -0.2) is 0 Å². The first kappa shape index (κ1) is 14.3. The minimum absolute atomic E-state index is 0.208. The Hall–Kier alpha value is -2.10. The van der Waals surface area contributed by atoms with Crippen LogP contribution in [0.3, 0.4) is 0 Å². The van der Waals surface area contributed by atoms with E-state index in [1.54, 1.807) is 24.3 Å². The van der Waals surface area contributed by atoms with E-state index in [4.69, 9.17) is 0 Å². The van der Waals surface area contributed by atoms with Gasteiger partial charge in [0.1, 0.15) is 5.75 Å². The maximum absolute atomic E-state index is 12.3. The minimum atomic E-state index is -2.81. The van der Waals surface area contributed by atoms with Crippen LogP contribution in [-0.4, -0.2) is 6.61 Å². The molecule has 106 valence electrons. The molecule has 0 aliphatic rings. The zero-order valence-corrected chi connectivity index (χ0v) is 11.5. The van der Waals surface area contributed by atoms with Crippen molar-refractivity contribution in [2.75, 3.05) is 5.32 Å². The largest absolute Gasteiger partial charge is 0.434 e. The second-order valence-corrected chi connectivity index (χ2v) is 4.66. The van der Waals surface area contributed by atoms with Crippen LogP contribution in [0.15, 0.2) is 42.5 Å². The van der Waals surface area contributed by atoms with Gasteiger partial charge in [-0.15, -0.1) is 0 Å². The van der Waals surface area contributed by atoms with Crippen LogP contribution in [0.4, 0.5) is 14.5 Å². The number of para-hydroxylation sites is 1. The van der Waals surface area contributed by atoms with Crippen LogP contribution in [-0.2, 0) is 6.54 Å². The van der Waals surface area contributed by atoms with Gasteiger partial charge in [0.05, 0.1) is 0 Å². The molecule has 2 aromatic carbocycles. The standard InChI is InChI=1S/C16H17F2NO/c1-11-7-8-14(12(2)9-11)19-10-13-5-3-4-6-15(13)20-16(17)18/h3-9,16,19H,10H2,1-2H3. The third kappa shape index (κ3) is 3.70. The summed E-state index contributed by atoms with van der Waals surface area (Å²) < 4.78 is 29.2. The number of nitrogens with one attached hydrogen (secondary N) is 1. The van der Waals surface area contributed by atoms with Gasteiger partial charge in [0.15, 0.2) is 0 Å². The van der Waals surface area contributed by atoms with E-state index in [9.17, 15) is 8.78 Å². The lowest BCUT2D eigenvalue weighted by Crippen LogP contribution is -2.07. The molecule has 0 heterocycles. The summed E-state index contributed by atoms with van der Waals surface area (Å²) in [6.07, 6.45) is 0. The first-order valence-corrected chi connectivity index (χ1v) is 6.40. The summed E-state index contributed by atoms with van der Waals surface area (Å²) >= 11 is 0. The summed E-state index contributed by atoms with van der Waals surface area (Å²) in [6.45, 7) is 1.67. The van der Waals surface area contributed by atoms with Crippen LogP contribution >= 0.6 is 0 Å². The van der Waals surface area contributed by atoms with E-state index in [2.05, 4.69) is 16.1 Å². The third-order valence-electron chi connectivity index (χ3n) is 3.04. The molecular formula is C16H17F2NO. The second kappa shape index (κ2) is 6.37. The smallest absolute Gasteiger partial charge is 0.387 e. The van der Waals surface area contributed by atoms with Crippen LogP contribution in [0.2, 0.25) is 0 Å². The quantitative estimate of drug-likeness (QED) is 0.867. The van der Waals surface area contributed by atoms with Gasteiger partial charge in [-0.1, -0.05) is 35.9 Å². The lowest BCUT2D eigenvalue weighted by Gasteiger charge is -2.13. The maximum atomic E-state index is 12.3. The van der Waals surface area contributed by atoms with E-state index >= 15 is 0 Å². The highest BCUT2D eigenvalue weighted by Crippen LogP contribution is 2.23. The second-order valence-electron chi connectivity index (χ2n) is 4.66. The Balaban J connectivity index is 2.10. The third-order valence-corrected chi connectivity index (χ3v) is 3.04. The molecule has 2 nitrogen and oxygen atoms in total. The molecule has 0 amide bonds. The molecule has 0 bridgehead atoms. The fraction of sp³-hybridized carbons (Fsp3) is 0.250. The molecule has 0 fully saturated rings. The molecule has 0 aliphatic carbocycles. The summed E-state index contributed by atoms with van der Waals surface area (Å²) in [7, 11) is 0. The van der Waals surface area contributed by atoms with E-state index < -0.39 is 6.61 Å². The SMILES string of the molecule is Cc1ccc(NCc2ccccc2OC(F)F)c(C)c1. The average Bonchev–Trinajstić information content (AvgIpc) is 2.39. The lowest BCUT2D eigenvalue weighted by atomic mass is 10.1. The molecular weight excluding hydrogens is 260 g/mol. The minimum Gasteiger partial charge on any atom is -0.434 e. The van der Waals surface area contributed by atoms with Crippen molar-refractivity contribution in [2.24, 2.45) is 0 Å². The molecule has 0 atom stereocenters. The number of anilines is 1. The Morgan fingerprint density at radius 2 is 1.85 bits per heavy atom. The Kier molecular flexibility index (Phi) is 4.56. The van der Waals surface area contributed by atoms with E-state index in [1.165, 1.54) is 5.56 Å². The molecule has 1 N–H and O–H groups in total. The number of ether oxygens (including phenoxy) is 1. The zero-order chi connectivity index (χ0) is 14.5. The maximum Gasteiger partial charge on any atom is 0.387 e. The number of benzene rings is 2. The van der Waals surface area contributed by atoms with Gasteiger partial charge in [0, 0.05) is 17.8 Å². The molecule has 0 saturated carbocycles. The molecule has 0 saturated heterocycles. The molecule has 0 radical (unpaired) electrons. The van der Waals surface area contributed by atoms with Gasteiger partial charge < -0.3 is 10.1 Å². The molecule has 0 unspecified atom stereocenters. The molecule has 0 aromatic heterocycles. The van der Waals surface area contributed by atoms with Crippen molar-refractivity contribution in [3.05, 3.63) is 59.2 Å². The monoisotopic (exact) mass is 277 g/mol. The zero-order valence-electron chi connectivity index (χ0n) is 11.5. The number of alkyl halides is 2. The Morgan fingerprint density at radius 1 is 1.10 bits per heavy atom. The topological polar surface area (TPSA) is 21.3 Å². The number of hydrogen-bond acceptors (Lipinski definition) is 2. The number of rotatable bonds is 5. The first-order chi connectivity index (χ1) is 9.56. The summed E-state index contributed by atoms with van der Waals surface area (Å²) in [5.74, 6) is 0.208. The normalized spacial score (nSPS) is 10.7. The summed E-state index contributed by atoms with van der Waals surface area (Å²) in [6, 6.07) is 12.9. The van der Waals surface area contributed by atoms with Crippen molar-refractivity contribution in [3.63, 3.8) is 0 Å². The van der Waals surface area contributed by atoms with Gasteiger partial charge in [0.25, 0.3) is 0 Å². The van der Waals surface area contributed by atoms with Crippen molar-refractivity contribution < 1.29 is 13.5 Å². The predicted octanol–water partition coefficient (Wildman–Crippen LogP) is 4.52. The van der Waals surface area contributed by atoms with Gasteiger partial charge in [-0.05, 0) is 31.5 Å². The average molecular weight is 277 g/mol. The van der Waals surface area contributed by atoms with Gasteiger partial charge in [-0.2, -0.15) is 8.78 Å². The van der Waals surface area contributed by atoms with E-state index in [0.717, 1.165) is 11.3 Å². The summed E-state index contributed by atoms with van der Waals surface area (Å²) in [4.78, 5) is 0. The van der Waals surface area contributed by atoms with Crippen molar-refractivity contribution in [3.8, 4) is 5.75 Å². The predicted molar refractivity (Wildman–Crippen MR) is 76.3 cm³/mol. The van der Waals surface area contributed by atoms with E-state index in [-0.39, 0.29) is 5.75 Å². The highest BCUT2D eigenvalue weighted by atomic mass is 19.3. The van der Waals surface area contributed by atoms with Crippen LogP contribution in [0.25, 0.3) is 0 Å². The van der Waals surface area contributed by atoms with Crippen LogP contribution in [0.5, 0.6) is 5.75 Å². The van der Waals surface area contributed by atoms with Crippen molar-refractivity contribution >= 4 is 5.69 Å². The summed E-state index contributed by atoms with van der Waals surface area (Å²) in [5.41, 5.74) is 4.00. The van der Waals surface area contributed by atoms with E-state index in [0.29, 0.717) is 12.1 Å². The molecule has 20 heavy (non-hydrogen) atoms. The van der Waals surface area contributed by atoms with Crippen LogP contribution in [0.1, 0.15) is 16.7 Å². The molecule has 0 aliphatic heterocycles. The first-order valence-electron chi connectivity index (χ1n) is 6.40. The number of halogens is 2. The highest BCUT2D eigenvalue weighted by Gasteiger charge is 2.09. The summed E-state index contributed by atoms with van der Waals surface area (Å²) in [5, 5.41) is 3.25.